The van der Waals surface area contributed by atoms with Crippen molar-refractivity contribution >= 4 is 35.4 Å². The van der Waals surface area contributed by atoms with Gasteiger partial charge < -0.3 is 21.3 Å². The van der Waals surface area contributed by atoms with Gasteiger partial charge in [0.15, 0.2) is 0 Å². The topological polar surface area (TPSA) is 154 Å². The zero-order valence-electron chi connectivity index (χ0n) is 15.7. The van der Waals surface area contributed by atoms with Crippen molar-refractivity contribution in [3.05, 3.63) is 24.4 Å². The standard InChI is InChI=1S/C17H23N5O6/c1-10(20-11(2)23)16(21-12(3)24)17(28)19-8-7-18-13(25)6-9-22-14(26)4-5-15(22)27/h4-5,16H,1,6-9H2,2-3H3,(H,18,25)(H,19,28)(H,20,23)(H,21,24). The van der Waals surface area contributed by atoms with E-state index in [2.05, 4.69) is 27.8 Å². The summed E-state index contributed by atoms with van der Waals surface area (Å²) in [4.78, 5) is 69.9. The predicted molar refractivity (Wildman–Crippen MR) is 97.1 cm³/mol. The van der Waals surface area contributed by atoms with E-state index in [1.807, 2.05) is 0 Å². The summed E-state index contributed by atoms with van der Waals surface area (Å²) in [6, 6.07) is -1.16. The summed E-state index contributed by atoms with van der Waals surface area (Å²) in [6.07, 6.45) is 2.20. The van der Waals surface area contributed by atoms with E-state index in [1.54, 1.807) is 0 Å². The van der Waals surface area contributed by atoms with Crippen LogP contribution in [0.25, 0.3) is 0 Å². The van der Waals surface area contributed by atoms with Gasteiger partial charge in [-0.2, -0.15) is 0 Å². The van der Waals surface area contributed by atoms with E-state index in [0.29, 0.717) is 0 Å². The average molecular weight is 393 g/mol. The number of hydrogen-bond acceptors (Lipinski definition) is 6. The molecule has 0 saturated heterocycles. The van der Waals surface area contributed by atoms with Gasteiger partial charge in [0.25, 0.3) is 11.8 Å². The van der Waals surface area contributed by atoms with Crippen molar-refractivity contribution in [2.24, 2.45) is 0 Å². The molecule has 0 aromatic rings. The summed E-state index contributed by atoms with van der Waals surface area (Å²) in [5.74, 6) is -2.86. The molecule has 152 valence electrons. The van der Waals surface area contributed by atoms with Gasteiger partial charge in [-0.3, -0.25) is 33.7 Å². The van der Waals surface area contributed by atoms with Crippen molar-refractivity contribution < 1.29 is 28.8 Å². The lowest BCUT2D eigenvalue weighted by Crippen LogP contribution is -2.51. The van der Waals surface area contributed by atoms with Gasteiger partial charge in [-0.05, 0) is 0 Å². The maximum Gasteiger partial charge on any atom is 0.253 e. The first-order chi connectivity index (χ1) is 13.1. The van der Waals surface area contributed by atoms with Gasteiger partial charge in [-0.25, -0.2) is 0 Å². The predicted octanol–water partition coefficient (Wildman–Crippen LogP) is -2.31. The van der Waals surface area contributed by atoms with Gasteiger partial charge in [0.1, 0.15) is 6.04 Å². The number of imide groups is 1. The fraction of sp³-hybridized carbons (Fsp3) is 0.412. The number of hydrogen-bond donors (Lipinski definition) is 4. The van der Waals surface area contributed by atoms with E-state index < -0.39 is 41.5 Å². The van der Waals surface area contributed by atoms with E-state index in [-0.39, 0.29) is 31.8 Å². The third-order valence-electron chi connectivity index (χ3n) is 3.50. The first-order valence-electron chi connectivity index (χ1n) is 8.43. The van der Waals surface area contributed by atoms with Gasteiger partial charge in [0.05, 0.1) is 0 Å². The van der Waals surface area contributed by atoms with Crippen LogP contribution in [-0.4, -0.2) is 66.0 Å². The molecule has 1 aliphatic rings. The molecule has 1 rings (SSSR count). The lowest BCUT2D eigenvalue weighted by molar-refractivity contribution is -0.137. The maximum absolute atomic E-state index is 12.2. The van der Waals surface area contributed by atoms with Crippen LogP contribution in [0.5, 0.6) is 0 Å². The molecule has 28 heavy (non-hydrogen) atoms. The SMILES string of the molecule is C=C(NC(C)=O)C(NC(C)=O)C(=O)NCCNC(=O)CCN1C(=O)C=CC1=O. The van der Waals surface area contributed by atoms with Crippen LogP contribution >= 0.6 is 0 Å². The Morgan fingerprint density at radius 1 is 1.00 bits per heavy atom. The number of nitrogens with zero attached hydrogens (tertiary/aromatic N) is 1. The van der Waals surface area contributed by atoms with E-state index in [1.165, 1.54) is 13.8 Å². The molecule has 0 saturated carbocycles. The Hall–Kier alpha value is -3.50. The Kier molecular flexibility index (Phi) is 8.53. The fourth-order valence-corrected chi connectivity index (χ4v) is 2.26. The fourth-order valence-electron chi connectivity index (χ4n) is 2.26. The van der Waals surface area contributed by atoms with E-state index in [9.17, 15) is 28.8 Å². The van der Waals surface area contributed by atoms with Gasteiger partial charge in [-0.1, -0.05) is 6.58 Å². The molecular weight excluding hydrogens is 370 g/mol. The molecule has 0 aromatic carbocycles. The summed E-state index contributed by atoms with van der Waals surface area (Å²) >= 11 is 0. The van der Waals surface area contributed by atoms with Crippen LogP contribution in [0.3, 0.4) is 0 Å². The van der Waals surface area contributed by atoms with Crippen LogP contribution in [0.15, 0.2) is 24.4 Å². The molecule has 0 aliphatic carbocycles. The van der Waals surface area contributed by atoms with Crippen LogP contribution in [0.4, 0.5) is 0 Å². The Morgan fingerprint density at radius 2 is 1.57 bits per heavy atom. The third-order valence-corrected chi connectivity index (χ3v) is 3.50. The van der Waals surface area contributed by atoms with E-state index >= 15 is 0 Å². The monoisotopic (exact) mass is 393 g/mol. The van der Waals surface area contributed by atoms with Crippen LogP contribution in [0.2, 0.25) is 0 Å². The largest absolute Gasteiger partial charge is 0.354 e. The molecule has 0 radical (unpaired) electrons. The van der Waals surface area contributed by atoms with Crippen LogP contribution in [-0.2, 0) is 28.8 Å². The highest BCUT2D eigenvalue weighted by Gasteiger charge is 2.24. The lowest BCUT2D eigenvalue weighted by atomic mass is 10.2. The molecule has 6 amide bonds. The minimum Gasteiger partial charge on any atom is -0.354 e. The molecule has 11 nitrogen and oxygen atoms in total. The number of amides is 6. The normalized spacial score (nSPS) is 13.7. The number of carbonyl (C=O) groups excluding carboxylic acids is 6. The smallest absolute Gasteiger partial charge is 0.253 e. The highest BCUT2D eigenvalue weighted by atomic mass is 16.2. The molecule has 1 unspecified atom stereocenters. The van der Waals surface area contributed by atoms with Crippen molar-refractivity contribution in [2.45, 2.75) is 26.3 Å². The van der Waals surface area contributed by atoms with Crippen LogP contribution in [0.1, 0.15) is 20.3 Å². The molecule has 4 N–H and O–H groups in total. The lowest BCUT2D eigenvalue weighted by Gasteiger charge is -2.20. The molecule has 1 atom stereocenters. The summed E-state index contributed by atoms with van der Waals surface area (Å²) in [6.45, 7) is 6.11. The van der Waals surface area contributed by atoms with Crippen LogP contribution < -0.4 is 21.3 Å². The molecule has 0 bridgehead atoms. The third kappa shape index (κ3) is 7.40. The average Bonchev–Trinajstić information content (AvgIpc) is 2.91. The first-order valence-corrected chi connectivity index (χ1v) is 8.43. The number of carbonyl (C=O) groups is 6. The molecule has 0 aromatic heterocycles. The first kappa shape index (κ1) is 22.5. The molecule has 1 aliphatic heterocycles. The number of rotatable bonds is 10. The summed E-state index contributed by atoms with van der Waals surface area (Å²) in [5.41, 5.74) is 0.0118. The summed E-state index contributed by atoms with van der Waals surface area (Å²) in [7, 11) is 0. The molecule has 0 fully saturated rings. The number of nitrogens with one attached hydrogen (secondary N) is 4. The summed E-state index contributed by atoms with van der Waals surface area (Å²) in [5, 5.41) is 9.74. The van der Waals surface area contributed by atoms with Crippen molar-refractivity contribution in [1.29, 1.82) is 0 Å². The molecule has 11 heteroatoms. The van der Waals surface area contributed by atoms with Gasteiger partial charge in [0.2, 0.25) is 23.6 Å². The summed E-state index contributed by atoms with van der Waals surface area (Å²) < 4.78 is 0. The van der Waals surface area contributed by atoms with Gasteiger partial charge in [0, 0.05) is 57.8 Å². The Labute approximate surface area is 161 Å². The van der Waals surface area contributed by atoms with Crippen molar-refractivity contribution in [3.8, 4) is 0 Å². The highest BCUT2D eigenvalue weighted by Crippen LogP contribution is 2.03. The van der Waals surface area contributed by atoms with Crippen molar-refractivity contribution in [1.82, 2.24) is 26.2 Å². The Balaban J connectivity index is 2.36. The second-order valence-electron chi connectivity index (χ2n) is 5.89. The zero-order chi connectivity index (χ0) is 21.3. The quantitative estimate of drug-likeness (QED) is 0.242. The van der Waals surface area contributed by atoms with Gasteiger partial charge >= 0.3 is 0 Å². The second-order valence-corrected chi connectivity index (χ2v) is 5.89. The zero-order valence-corrected chi connectivity index (χ0v) is 15.7. The Morgan fingerprint density at radius 3 is 2.11 bits per heavy atom. The van der Waals surface area contributed by atoms with E-state index in [0.717, 1.165) is 17.1 Å². The minimum absolute atomic E-state index is 0.0118. The second kappa shape index (κ2) is 10.6. The molecular formula is C17H23N5O6. The molecule has 1 heterocycles. The minimum atomic E-state index is -1.16. The Bertz CT molecular complexity index is 712. The maximum atomic E-state index is 12.2. The van der Waals surface area contributed by atoms with E-state index in [4.69, 9.17) is 0 Å². The van der Waals surface area contributed by atoms with Crippen molar-refractivity contribution in [3.63, 3.8) is 0 Å². The van der Waals surface area contributed by atoms with Gasteiger partial charge in [-0.15, -0.1) is 0 Å². The molecule has 0 spiro atoms. The van der Waals surface area contributed by atoms with Crippen molar-refractivity contribution in [2.75, 3.05) is 19.6 Å². The highest BCUT2D eigenvalue weighted by molar-refractivity contribution is 6.13. The van der Waals surface area contributed by atoms with Crippen LogP contribution in [0, 0.1) is 0 Å².